The standard InChI is InChI=1S/C23H30O3/c1-19(16-25-17-21-11-5-3-6-12-21)10-9-15-23(24)20(2)26-18-22-13-7-4-8-14-22/h3-14,19-20,23-24H,15-18H2,1-2H3/b10-9+/t19-,20-,23-/m1/s1. The van der Waals surface area contributed by atoms with Gasteiger partial charge in [-0.1, -0.05) is 79.7 Å². The van der Waals surface area contributed by atoms with E-state index in [0.717, 1.165) is 5.56 Å². The lowest BCUT2D eigenvalue weighted by Gasteiger charge is -2.18. The molecule has 3 nitrogen and oxygen atoms in total. The predicted octanol–water partition coefficient (Wildman–Crippen LogP) is 4.75. The second kappa shape index (κ2) is 11.6. The number of hydrogen-bond donors (Lipinski definition) is 1. The Morgan fingerprint density at radius 1 is 0.885 bits per heavy atom. The lowest BCUT2D eigenvalue weighted by Crippen LogP contribution is -2.25. The molecular formula is C23H30O3. The first kappa shape index (κ1) is 20.4. The summed E-state index contributed by atoms with van der Waals surface area (Å²) >= 11 is 0. The fourth-order valence-electron chi connectivity index (χ4n) is 2.55. The molecule has 0 heterocycles. The fourth-order valence-corrected chi connectivity index (χ4v) is 2.55. The zero-order valence-electron chi connectivity index (χ0n) is 15.8. The number of hydrogen-bond acceptors (Lipinski definition) is 3. The Kier molecular flexibility index (Phi) is 9.11. The molecule has 2 rings (SSSR count). The van der Waals surface area contributed by atoms with Crippen LogP contribution in [0.4, 0.5) is 0 Å². The van der Waals surface area contributed by atoms with Crippen LogP contribution in [-0.4, -0.2) is 23.9 Å². The summed E-state index contributed by atoms with van der Waals surface area (Å²) in [7, 11) is 0. The highest BCUT2D eigenvalue weighted by atomic mass is 16.5. The maximum absolute atomic E-state index is 10.2. The Morgan fingerprint density at radius 2 is 1.46 bits per heavy atom. The van der Waals surface area contributed by atoms with E-state index in [1.807, 2.05) is 61.5 Å². The summed E-state index contributed by atoms with van der Waals surface area (Å²) in [6.07, 6.45) is 3.98. The van der Waals surface area contributed by atoms with Gasteiger partial charge in [-0.15, -0.1) is 0 Å². The number of benzene rings is 2. The predicted molar refractivity (Wildman–Crippen MR) is 106 cm³/mol. The minimum Gasteiger partial charge on any atom is -0.390 e. The van der Waals surface area contributed by atoms with Crippen LogP contribution in [0.2, 0.25) is 0 Å². The first-order valence-corrected chi connectivity index (χ1v) is 9.27. The average Bonchev–Trinajstić information content (AvgIpc) is 2.67. The van der Waals surface area contributed by atoms with Crippen molar-refractivity contribution >= 4 is 0 Å². The highest BCUT2D eigenvalue weighted by Gasteiger charge is 2.13. The monoisotopic (exact) mass is 354 g/mol. The third kappa shape index (κ3) is 7.96. The van der Waals surface area contributed by atoms with Crippen LogP contribution >= 0.6 is 0 Å². The topological polar surface area (TPSA) is 38.7 Å². The van der Waals surface area contributed by atoms with E-state index in [1.54, 1.807) is 0 Å². The molecule has 0 unspecified atom stereocenters. The van der Waals surface area contributed by atoms with Crippen LogP contribution in [0.15, 0.2) is 72.8 Å². The van der Waals surface area contributed by atoms with Gasteiger partial charge in [-0.25, -0.2) is 0 Å². The van der Waals surface area contributed by atoms with Gasteiger partial charge in [0.25, 0.3) is 0 Å². The molecule has 0 amide bonds. The molecule has 0 fully saturated rings. The molecule has 0 aliphatic heterocycles. The average molecular weight is 354 g/mol. The van der Waals surface area contributed by atoms with Crippen molar-refractivity contribution in [2.24, 2.45) is 5.92 Å². The minimum absolute atomic E-state index is 0.204. The molecule has 0 spiro atoms. The van der Waals surface area contributed by atoms with Crippen LogP contribution in [0.5, 0.6) is 0 Å². The van der Waals surface area contributed by atoms with Gasteiger partial charge in [-0.2, -0.15) is 0 Å². The molecule has 0 radical (unpaired) electrons. The van der Waals surface area contributed by atoms with Crippen molar-refractivity contribution < 1.29 is 14.6 Å². The van der Waals surface area contributed by atoms with Gasteiger partial charge < -0.3 is 14.6 Å². The van der Waals surface area contributed by atoms with Crippen molar-refractivity contribution in [3.63, 3.8) is 0 Å². The highest BCUT2D eigenvalue weighted by molar-refractivity contribution is 5.14. The molecule has 3 atom stereocenters. The van der Waals surface area contributed by atoms with E-state index in [1.165, 1.54) is 5.56 Å². The van der Waals surface area contributed by atoms with Gasteiger partial charge in [-0.3, -0.25) is 0 Å². The second-order valence-electron chi connectivity index (χ2n) is 6.71. The normalized spacial score (nSPS) is 15.0. The molecular weight excluding hydrogens is 324 g/mol. The summed E-state index contributed by atoms with van der Waals surface area (Å²) in [6, 6.07) is 20.2. The van der Waals surface area contributed by atoms with Gasteiger partial charge in [-0.05, 0) is 30.4 Å². The van der Waals surface area contributed by atoms with Crippen molar-refractivity contribution in [3.05, 3.63) is 83.9 Å². The zero-order chi connectivity index (χ0) is 18.6. The van der Waals surface area contributed by atoms with Crippen LogP contribution in [-0.2, 0) is 22.7 Å². The van der Waals surface area contributed by atoms with Crippen molar-refractivity contribution in [2.45, 2.75) is 45.7 Å². The van der Waals surface area contributed by atoms with E-state index < -0.39 is 6.10 Å². The smallest absolute Gasteiger partial charge is 0.0833 e. The molecule has 26 heavy (non-hydrogen) atoms. The van der Waals surface area contributed by atoms with Crippen LogP contribution < -0.4 is 0 Å². The Labute approximate surface area is 157 Å². The van der Waals surface area contributed by atoms with Gasteiger partial charge in [0.15, 0.2) is 0 Å². The molecule has 2 aromatic carbocycles. The Balaban J connectivity index is 1.61. The molecule has 0 saturated carbocycles. The molecule has 0 aliphatic carbocycles. The Morgan fingerprint density at radius 3 is 2.08 bits per heavy atom. The van der Waals surface area contributed by atoms with Gasteiger partial charge in [0.2, 0.25) is 0 Å². The van der Waals surface area contributed by atoms with Crippen LogP contribution in [0.25, 0.3) is 0 Å². The first-order valence-electron chi connectivity index (χ1n) is 9.27. The third-order valence-electron chi connectivity index (χ3n) is 4.23. The van der Waals surface area contributed by atoms with Crippen molar-refractivity contribution in [2.75, 3.05) is 6.61 Å². The maximum atomic E-state index is 10.2. The summed E-state index contributed by atoms with van der Waals surface area (Å²) in [5.74, 6) is 0.312. The van der Waals surface area contributed by atoms with E-state index in [4.69, 9.17) is 9.47 Å². The molecule has 0 bridgehead atoms. The first-order chi connectivity index (χ1) is 12.6. The summed E-state index contributed by atoms with van der Waals surface area (Å²) in [5.41, 5.74) is 2.30. The van der Waals surface area contributed by atoms with E-state index in [9.17, 15) is 5.11 Å². The number of aliphatic hydroxyl groups excluding tert-OH is 1. The number of ether oxygens (including phenoxy) is 2. The lowest BCUT2D eigenvalue weighted by atomic mass is 10.1. The van der Waals surface area contributed by atoms with Crippen molar-refractivity contribution in [1.29, 1.82) is 0 Å². The summed E-state index contributed by atoms with van der Waals surface area (Å²) in [4.78, 5) is 0. The SMILES string of the molecule is C[C@H](/C=C/C[C@@H](O)[C@@H](C)OCc1ccccc1)COCc1ccccc1. The second-order valence-corrected chi connectivity index (χ2v) is 6.71. The summed E-state index contributed by atoms with van der Waals surface area (Å²) < 4.78 is 11.5. The third-order valence-corrected chi connectivity index (χ3v) is 4.23. The van der Waals surface area contributed by atoms with Crippen molar-refractivity contribution in [3.8, 4) is 0 Å². The zero-order valence-corrected chi connectivity index (χ0v) is 15.8. The Bertz CT molecular complexity index is 624. The quantitative estimate of drug-likeness (QED) is 0.592. The number of rotatable bonds is 11. The van der Waals surface area contributed by atoms with Gasteiger partial charge in [0, 0.05) is 0 Å². The van der Waals surface area contributed by atoms with Gasteiger partial charge >= 0.3 is 0 Å². The lowest BCUT2D eigenvalue weighted by molar-refractivity contribution is -0.0334. The molecule has 0 aliphatic rings. The summed E-state index contributed by atoms with van der Waals surface area (Å²) in [6.45, 7) is 5.84. The fraction of sp³-hybridized carbons (Fsp3) is 0.391. The minimum atomic E-state index is -0.507. The molecule has 0 aromatic heterocycles. The van der Waals surface area contributed by atoms with Crippen LogP contribution in [0.3, 0.4) is 0 Å². The maximum Gasteiger partial charge on any atom is 0.0833 e. The van der Waals surface area contributed by atoms with E-state index in [2.05, 4.69) is 25.1 Å². The molecule has 2 aromatic rings. The van der Waals surface area contributed by atoms with E-state index >= 15 is 0 Å². The highest BCUT2D eigenvalue weighted by Crippen LogP contribution is 2.10. The van der Waals surface area contributed by atoms with Gasteiger partial charge in [0.05, 0.1) is 32.0 Å². The van der Waals surface area contributed by atoms with Crippen molar-refractivity contribution in [1.82, 2.24) is 0 Å². The van der Waals surface area contributed by atoms with Crippen LogP contribution in [0, 0.1) is 5.92 Å². The van der Waals surface area contributed by atoms with Crippen LogP contribution in [0.1, 0.15) is 31.4 Å². The van der Waals surface area contributed by atoms with E-state index in [0.29, 0.717) is 32.2 Å². The molecule has 1 N–H and O–H groups in total. The summed E-state index contributed by atoms with van der Waals surface area (Å²) in [5, 5.41) is 10.2. The number of aliphatic hydroxyl groups is 1. The van der Waals surface area contributed by atoms with E-state index in [-0.39, 0.29) is 6.10 Å². The van der Waals surface area contributed by atoms with Gasteiger partial charge in [0.1, 0.15) is 0 Å². The molecule has 0 saturated heterocycles. The largest absolute Gasteiger partial charge is 0.390 e. The Hall–Kier alpha value is -1.94. The molecule has 3 heteroatoms. The molecule has 140 valence electrons.